The van der Waals surface area contributed by atoms with Gasteiger partial charge < -0.3 is 16.0 Å². The van der Waals surface area contributed by atoms with Crippen LogP contribution in [0.3, 0.4) is 0 Å². The van der Waals surface area contributed by atoms with Gasteiger partial charge in [0, 0.05) is 24.8 Å². The Labute approximate surface area is 133 Å². The van der Waals surface area contributed by atoms with Gasteiger partial charge in [-0.25, -0.2) is 9.18 Å². The van der Waals surface area contributed by atoms with Crippen LogP contribution in [-0.2, 0) is 6.42 Å². The predicted molar refractivity (Wildman–Crippen MR) is 87.0 cm³/mol. The normalized spacial score (nSPS) is 10.0. The highest BCUT2D eigenvalue weighted by Crippen LogP contribution is 2.09. The van der Waals surface area contributed by atoms with Gasteiger partial charge in [-0.1, -0.05) is 12.1 Å². The number of halogens is 1. The van der Waals surface area contributed by atoms with E-state index in [1.807, 2.05) is 0 Å². The average molecular weight is 315 g/mol. The van der Waals surface area contributed by atoms with Crippen molar-refractivity contribution in [2.24, 2.45) is 0 Å². The second-order valence-electron chi connectivity index (χ2n) is 4.91. The molecule has 3 N–H and O–H groups in total. The maximum Gasteiger partial charge on any atom is 0.319 e. The zero-order chi connectivity index (χ0) is 16.7. The van der Waals surface area contributed by atoms with E-state index in [1.54, 1.807) is 43.4 Å². The molecule has 0 fully saturated rings. The Morgan fingerprint density at radius 1 is 1.00 bits per heavy atom. The first-order chi connectivity index (χ1) is 11.1. The molecule has 0 aliphatic carbocycles. The van der Waals surface area contributed by atoms with Crippen molar-refractivity contribution in [3.05, 3.63) is 65.5 Å². The van der Waals surface area contributed by atoms with E-state index in [9.17, 15) is 14.0 Å². The lowest BCUT2D eigenvalue weighted by molar-refractivity contribution is 0.0963. The molecular weight excluding hydrogens is 297 g/mol. The summed E-state index contributed by atoms with van der Waals surface area (Å²) in [6.45, 7) is 0.438. The molecule has 0 saturated carbocycles. The lowest BCUT2D eigenvalue weighted by atomic mass is 10.1. The lowest BCUT2D eigenvalue weighted by Crippen LogP contribution is -2.30. The fraction of sp³-hybridized carbons (Fsp3) is 0.176. The van der Waals surface area contributed by atoms with Gasteiger partial charge in [0.1, 0.15) is 5.82 Å². The Morgan fingerprint density at radius 3 is 2.26 bits per heavy atom. The molecule has 120 valence electrons. The molecule has 3 amide bonds. The summed E-state index contributed by atoms with van der Waals surface area (Å²) in [5.74, 6) is -0.458. The van der Waals surface area contributed by atoms with Crippen molar-refractivity contribution in [1.82, 2.24) is 10.6 Å². The molecule has 2 aromatic carbocycles. The smallest absolute Gasteiger partial charge is 0.319 e. The zero-order valence-corrected chi connectivity index (χ0v) is 12.7. The van der Waals surface area contributed by atoms with E-state index in [2.05, 4.69) is 16.0 Å². The van der Waals surface area contributed by atoms with Gasteiger partial charge in [-0.3, -0.25) is 4.79 Å². The van der Waals surface area contributed by atoms with Crippen molar-refractivity contribution in [2.45, 2.75) is 6.42 Å². The van der Waals surface area contributed by atoms with Crippen molar-refractivity contribution in [1.29, 1.82) is 0 Å². The highest BCUT2D eigenvalue weighted by molar-refractivity contribution is 5.95. The molecule has 0 spiro atoms. The van der Waals surface area contributed by atoms with Crippen LogP contribution >= 0.6 is 0 Å². The second kappa shape index (κ2) is 7.93. The first kappa shape index (κ1) is 16.5. The molecule has 0 aliphatic rings. The molecule has 0 heterocycles. The lowest BCUT2D eigenvalue weighted by Gasteiger charge is -2.08. The van der Waals surface area contributed by atoms with Crippen LogP contribution in [-0.4, -0.2) is 25.5 Å². The van der Waals surface area contributed by atoms with Crippen molar-refractivity contribution in [3.63, 3.8) is 0 Å². The van der Waals surface area contributed by atoms with Gasteiger partial charge in [-0.05, 0) is 48.4 Å². The van der Waals surface area contributed by atoms with Gasteiger partial charge in [-0.2, -0.15) is 0 Å². The van der Waals surface area contributed by atoms with Crippen molar-refractivity contribution in [3.8, 4) is 0 Å². The molecule has 5 nitrogen and oxygen atoms in total. The third-order valence-corrected chi connectivity index (χ3v) is 3.24. The molecule has 0 aliphatic heterocycles. The van der Waals surface area contributed by atoms with Crippen molar-refractivity contribution >= 4 is 17.6 Å². The molecule has 2 rings (SSSR count). The number of hydrogen-bond acceptors (Lipinski definition) is 2. The number of hydrogen-bond donors (Lipinski definition) is 3. The maximum absolute atomic E-state index is 12.8. The van der Waals surface area contributed by atoms with Crippen LogP contribution in [0.15, 0.2) is 48.5 Å². The number of carbonyl (C=O) groups is 2. The van der Waals surface area contributed by atoms with Gasteiger partial charge >= 0.3 is 6.03 Å². The van der Waals surface area contributed by atoms with Crippen LogP contribution in [0.25, 0.3) is 0 Å². The van der Waals surface area contributed by atoms with Crippen molar-refractivity contribution in [2.75, 3.05) is 18.9 Å². The first-order valence-corrected chi connectivity index (χ1v) is 7.20. The Morgan fingerprint density at radius 2 is 1.65 bits per heavy atom. The van der Waals surface area contributed by atoms with E-state index in [0.717, 1.165) is 5.56 Å². The van der Waals surface area contributed by atoms with Gasteiger partial charge in [0.05, 0.1) is 0 Å². The number of anilines is 1. The number of amides is 3. The summed E-state index contributed by atoms with van der Waals surface area (Å²) in [6, 6.07) is 12.4. The molecular formula is C17H18FN3O2. The number of nitrogens with one attached hydrogen (secondary N) is 3. The fourth-order valence-corrected chi connectivity index (χ4v) is 2.00. The van der Waals surface area contributed by atoms with E-state index in [4.69, 9.17) is 0 Å². The van der Waals surface area contributed by atoms with Crippen LogP contribution in [0, 0.1) is 5.82 Å². The van der Waals surface area contributed by atoms with E-state index in [-0.39, 0.29) is 17.8 Å². The van der Waals surface area contributed by atoms with Crippen molar-refractivity contribution < 1.29 is 14.0 Å². The Hall–Kier alpha value is -2.89. The van der Waals surface area contributed by atoms with E-state index in [0.29, 0.717) is 24.2 Å². The monoisotopic (exact) mass is 315 g/mol. The average Bonchev–Trinajstić information content (AvgIpc) is 2.56. The molecule has 0 saturated heterocycles. The fourth-order valence-electron chi connectivity index (χ4n) is 2.00. The van der Waals surface area contributed by atoms with Gasteiger partial charge in [-0.15, -0.1) is 0 Å². The summed E-state index contributed by atoms with van der Waals surface area (Å²) in [4.78, 5) is 23.2. The summed E-state index contributed by atoms with van der Waals surface area (Å²) in [5, 5.41) is 7.93. The molecule has 0 atom stereocenters. The van der Waals surface area contributed by atoms with Crippen LogP contribution in [0.1, 0.15) is 15.9 Å². The summed E-state index contributed by atoms with van der Waals surface area (Å²) in [7, 11) is 1.56. The molecule has 0 unspecified atom stereocenters. The highest BCUT2D eigenvalue weighted by atomic mass is 19.1. The standard InChI is InChI=1S/C17H18FN3O2/c1-19-16(22)13-4-8-15(9-5-13)21-17(23)20-11-10-12-2-6-14(18)7-3-12/h2-9H,10-11H2,1H3,(H,19,22)(H2,20,21,23). The maximum atomic E-state index is 12.8. The van der Waals surface area contributed by atoms with Gasteiger partial charge in [0.15, 0.2) is 0 Å². The molecule has 0 aromatic heterocycles. The number of carbonyl (C=O) groups excluding carboxylic acids is 2. The SMILES string of the molecule is CNC(=O)c1ccc(NC(=O)NCCc2ccc(F)cc2)cc1. The number of benzene rings is 2. The highest BCUT2D eigenvalue weighted by Gasteiger charge is 2.04. The molecule has 0 radical (unpaired) electrons. The summed E-state index contributed by atoms with van der Waals surface area (Å²) in [6.07, 6.45) is 0.614. The van der Waals surface area contributed by atoms with Crippen LogP contribution in [0.2, 0.25) is 0 Å². The molecule has 23 heavy (non-hydrogen) atoms. The topological polar surface area (TPSA) is 70.2 Å². The number of urea groups is 1. The Kier molecular flexibility index (Phi) is 5.68. The van der Waals surface area contributed by atoms with E-state index < -0.39 is 0 Å². The molecule has 2 aromatic rings. The second-order valence-corrected chi connectivity index (χ2v) is 4.91. The third kappa shape index (κ3) is 5.10. The largest absolute Gasteiger partial charge is 0.355 e. The van der Waals surface area contributed by atoms with Crippen LogP contribution in [0.5, 0.6) is 0 Å². The molecule has 6 heteroatoms. The third-order valence-electron chi connectivity index (χ3n) is 3.24. The van der Waals surface area contributed by atoms with Crippen LogP contribution < -0.4 is 16.0 Å². The Balaban J connectivity index is 1.78. The number of rotatable bonds is 5. The first-order valence-electron chi connectivity index (χ1n) is 7.20. The quantitative estimate of drug-likeness (QED) is 0.793. The summed E-state index contributed by atoms with van der Waals surface area (Å²) < 4.78 is 12.8. The summed E-state index contributed by atoms with van der Waals surface area (Å²) in [5.41, 5.74) is 2.06. The summed E-state index contributed by atoms with van der Waals surface area (Å²) >= 11 is 0. The zero-order valence-electron chi connectivity index (χ0n) is 12.7. The van der Waals surface area contributed by atoms with Gasteiger partial charge in [0.25, 0.3) is 5.91 Å². The van der Waals surface area contributed by atoms with Crippen LogP contribution in [0.4, 0.5) is 14.9 Å². The minimum atomic E-state index is -0.334. The molecule has 0 bridgehead atoms. The van der Waals surface area contributed by atoms with Gasteiger partial charge in [0.2, 0.25) is 0 Å². The van der Waals surface area contributed by atoms with E-state index >= 15 is 0 Å². The minimum absolute atomic E-state index is 0.180. The minimum Gasteiger partial charge on any atom is -0.355 e. The predicted octanol–water partition coefficient (Wildman–Crippen LogP) is 2.55. The Bertz CT molecular complexity index is 669. The van der Waals surface area contributed by atoms with E-state index in [1.165, 1.54) is 12.1 Å².